The molecule has 244 valence electrons. The third-order valence-corrected chi connectivity index (χ3v) is 6.11. The number of ether oxygens (including phenoxy) is 3. The highest BCUT2D eigenvalue weighted by atomic mass is 32.1. The molecule has 2 unspecified atom stereocenters. The van der Waals surface area contributed by atoms with Gasteiger partial charge in [0.1, 0.15) is 0 Å². The van der Waals surface area contributed by atoms with Crippen molar-refractivity contribution >= 4 is 34.1 Å². The van der Waals surface area contributed by atoms with E-state index in [1.165, 1.54) is 35.1 Å². The molecule has 0 saturated heterocycles. The lowest BCUT2D eigenvalue weighted by Crippen LogP contribution is -2.40. The van der Waals surface area contributed by atoms with Gasteiger partial charge >= 0.3 is 35.6 Å². The molecule has 0 fully saturated rings. The van der Waals surface area contributed by atoms with E-state index in [4.69, 9.17) is 23.6 Å². The van der Waals surface area contributed by atoms with E-state index in [1.807, 2.05) is 0 Å². The van der Waals surface area contributed by atoms with Gasteiger partial charge in [0, 0.05) is 27.0 Å². The van der Waals surface area contributed by atoms with Crippen molar-refractivity contribution in [1.82, 2.24) is 9.66 Å². The second-order valence-corrected chi connectivity index (χ2v) is 8.75. The van der Waals surface area contributed by atoms with E-state index in [0.29, 0.717) is 4.68 Å². The average molecular weight is 659 g/mol. The van der Waals surface area contributed by atoms with Crippen LogP contribution in [0.3, 0.4) is 0 Å². The summed E-state index contributed by atoms with van der Waals surface area (Å²) in [6.45, 7) is 2.89. The predicted molar refractivity (Wildman–Crippen MR) is 146 cm³/mol. The molecular weight excluding hydrogens is 630 g/mol. The van der Waals surface area contributed by atoms with Crippen molar-refractivity contribution < 1.29 is 53.8 Å². The molecule has 0 aliphatic carbocycles. The number of aromatic amines is 1. The lowest BCUT2D eigenvalue weighted by atomic mass is 9.98. The van der Waals surface area contributed by atoms with Gasteiger partial charge in [0.2, 0.25) is 0 Å². The van der Waals surface area contributed by atoms with Gasteiger partial charge in [-0.1, -0.05) is 0 Å². The van der Waals surface area contributed by atoms with Crippen LogP contribution in [0, 0.1) is 0 Å². The normalized spacial score (nSPS) is 12.6. The van der Waals surface area contributed by atoms with Crippen molar-refractivity contribution in [3.05, 3.63) is 72.9 Å². The number of rotatable bonds is 6. The summed E-state index contributed by atoms with van der Waals surface area (Å²) in [5.41, 5.74) is 3.46. The molecule has 1 heterocycles. The van der Waals surface area contributed by atoms with Gasteiger partial charge in [-0.05, 0) is 49.2 Å². The molecule has 3 aromatic rings. The molecule has 44 heavy (non-hydrogen) atoms. The van der Waals surface area contributed by atoms with E-state index >= 15 is 0 Å². The van der Waals surface area contributed by atoms with Crippen molar-refractivity contribution in [2.45, 2.75) is 38.4 Å². The number of esters is 1. The van der Waals surface area contributed by atoms with Crippen LogP contribution in [0.4, 0.5) is 32.0 Å². The quantitative estimate of drug-likeness (QED) is 0.202. The number of alkyl halides is 6. The summed E-state index contributed by atoms with van der Waals surface area (Å²) in [6, 6.07) is 3.62. The fraction of sp³-hybridized carbons (Fsp3) is 0.400. The maximum atomic E-state index is 13.2. The molecule has 12 nitrogen and oxygen atoms in total. The summed E-state index contributed by atoms with van der Waals surface area (Å²) in [5, 5.41) is -0.0409. The zero-order valence-electron chi connectivity index (χ0n) is 23.9. The molecule has 3 rings (SSSR count). The first-order valence-corrected chi connectivity index (χ1v) is 12.6. The highest BCUT2D eigenvalue weighted by molar-refractivity contribution is 7.51. The van der Waals surface area contributed by atoms with Crippen LogP contribution in [-0.4, -0.2) is 52.4 Å². The smallest absolute Gasteiger partial charge is 0.416 e. The zero-order chi connectivity index (χ0) is 34.2. The Morgan fingerprint density at radius 1 is 0.909 bits per heavy atom. The van der Waals surface area contributed by atoms with Crippen LogP contribution in [0.15, 0.2) is 33.9 Å². The van der Waals surface area contributed by atoms with Gasteiger partial charge in [-0.2, -0.15) is 39.4 Å². The predicted octanol–water partition coefficient (Wildman–Crippen LogP) is 3.70. The van der Waals surface area contributed by atoms with E-state index in [9.17, 15) is 40.7 Å². The van der Waals surface area contributed by atoms with Crippen molar-refractivity contribution in [3.63, 3.8) is 0 Å². The minimum atomic E-state index is -4.63. The number of hydrogen-bond acceptors (Lipinski definition) is 10. The van der Waals surface area contributed by atoms with Crippen molar-refractivity contribution in [3.8, 4) is 0 Å². The highest BCUT2D eigenvalue weighted by Gasteiger charge is 2.37. The summed E-state index contributed by atoms with van der Waals surface area (Å²) < 4.78 is 110. The Morgan fingerprint density at radius 3 is 1.77 bits per heavy atom. The van der Waals surface area contributed by atoms with Crippen LogP contribution in [-0.2, 0) is 38.1 Å². The van der Waals surface area contributed by atoms with Crippen molar-refractivity contribution in [2.24, 2.45) is 0 Å². The van der Waals surface area contributed by atoms with Gasteiger partial charge in [-0.3, -0.25) is 4.79 Å². The van der Waals surface area contributed by atoms with Crippen molar-refractivity contribution in [1.29, 1.82) is 0 Å². The number of anilines is 1. The Balaban J connectivity index is 0.000000408. The van der Waals surface area contributed by atoms with Gasteiger partial charge in [0.25, 0.3) is 5.56 Å². The third-order valence-electron chi connectivity index (χ3n) is 6.11. The average Bonchev–Trinajstić information content (AvgIpc) is 2.95. The lowest BCUT2D eigenvalue weighted by molar-refractivity contribution is -0.140. The summed E-state index contributed by atoms with van der Waals surface area (Å²) >= 11 is -0.750. The Hall–Kier alpha value is -4.23. The summed E-state index contributed by atoms with van der Waals surface area (Å²) in [7, 11) is 5.02. The van der Waals surface area contributed by atoms with Crippen molar-refractivity contribution in [2.75, 3.05) is 39.5 Å². The van der Waals surface area contributed by atoms with Crippen LogP contribution >= 0.6 is 0 Å². The molecule has 0 radical (unpaired) electrons. The molecule has 2 aromatic carbocycles. The Labute approximate surface area is 248 Å². The number of H-pyrrole nitrogens is 1. The number of hydrogen-bond donors (Lipinski definition) is 3. The molecule has 4 N–H and O–H groups in total. The lowest BCUT2D eigenvalue weighted by Gasteiger charge is -2.19. The Morgan fingerprint density at radius 2 is 1.36 bits per heavy atom. The Kier molecular flexibility index (Phi) is 13.3. The first kappa shape index (κ1) is 37.8. The maximum absolute atomic E-state index is 13.2. The van der Waals surface area contributed by atoms with Crippen LogP contribution in [0.5, 0.6) is 0 Å². The molecule has 2 atom stereocenters. The van der Waals surface area contributed by atoms with Crippen LogP contribution in [0.25, 0.3) is 10.9 Å². The van der Waals surface area contributed by atoms with E-state index in [1.54, 1.807) is 0 Å². The van der Waals surface area contributed by atoms with E-state index < -0.39 is 64.5 Å². The topological polar surface area (TPSA) is 172 Å². The van der Waals surface area contributed by atoms with Crippen LogP contribution in [0.2, 0.25) is 0 Å². The molecule has 0 saturated carbocycles. The second kappa shape index (κ2) is 15.5. The van der Waals surface area contributed by atoms with E-state index in [2.05, 4.69) is 15.1 Å². The fourth-order valence-electron chi connectivity index (χ4n) is 3.82. The number of methoxy groups -OCH3 is 3. The summed E-state index contributed by atoms with van der Waals surface area (Å²) in [6.07, 6.45) is -10.9. The number of benzene rings is 2. The van der Waals surface area contributed by atoms with Crippen LogP contribution in [0.1, 0.15) is 58.7 Å². The van der Waals surface area contributed by atoms with Gasteiger partial charge in [0.15, 0.2) is 0 Å². The minimum Gasteiger partial charge on any atom is -0.465 e. The van der Waals surface area contributed by atoms with Gasteiger partial charge < -0.3 is 30.4 Å². The molecule has 1 aromatic heterocycles. The molecule has 0 spiro atoms. The van der Waals surface area contributed by atoms with E-state index in [0.717, 1.165) is 31.4 Å². The number of nitrogens with zero attached hydrogens (tertiary/aromatic N) is 1. The summed E-state index contributed by atoms with van der Waals surface area (Å²) in [5.74, 6) is -0.796. The monoisotopic (exact) mass is 658 g/mol. The second-order valence-electron chi connectivity index (χ2n) is 8.62. The number of carbonyl (C=O) groups excluding carboxylic acids is 1. The zero-order valence-corrected chi connectivity index (χ0v) is 24.7. The van der Waals surface area contributed by atoms with Gasteiger partial charge in [0.05, 0.1) is 46.9 Å². The number of halogens is 6. The minimum absolute atomic E-state index is 0.0409. The molecule has 0 bridgehead atoms. The highest BCUT2D eigenvalue weighted by Crippen LogP contribution is 2.38. The van der Waals surface area contributed by atoms with Gasteiger partial charge in [-0.25, -0.2) is 9.59 Å². The number of nitrogen functional groups attached to an aromatic ring is 1. The summed E-state index contributed by atoms with van der Waals surface area (Å²) in [4.78, 5) is 37.5. The van der Waals surface area contributed by atoms with E-state index in [-0.39, 0.29) is 33.3 Å². The molecule has 0 aliphatic rings. The Bertz CT molecular complexity index is 1630. The number of aromatic nitrogens is 2. The maximum Gasteiger partial charge on any atom is 0.416 e. The largest absolute Gasteiger partial charge is 0.465 e. The molecule has 0 aliphatic heterocycles. The molecule has 0 amide bonds. The van der Waals surface area contributed by atoms with Gasteiger partial charge in [-0.15, -0.1) is 0 Å². The first-order chi connectivity index (χ1) is 20.3. The number of carbonyl (C=O) groups is 1. The molecular formula is C25H28F6N4O8S. The van der Waals surface area contributed by atoms with Crippen LogP contribution < -0.4 is 22.4 Å². The SMILES string of the molecule is CNn1c(=O)[nH]c2cc(C(F)(F)F)c(C(C)OC)cc2c1=O.COC(=O)c1cc(C(C)OC)c(C(F)(F)F)cc1N.O=S=O. The number of nitrogens with two attached hydrogens (primary N) is 1. The molecule has 19 heteroatoms. The fourth-order valence-corrected chi connectivity index (χ4v) is 3.82. The first-order valence-electron chi connectivity index (χ1n) is 12.0. The number of nitrogens with one attached hydrogen (secondary N) is 2. The number of fused-ring (bicyclic) bond motifs is 1. The third kappa shape index (κ3) is 8.89. The standard InChI is InChI=1S/C13H14F3N3O3.C12H14F3NO3.O2S/c1-6(22-3)7-4-8-10(5-9(7)13(14,15)16)18-12(21)19(17-2)11(8)20;1-6(18-2)7-4-8(11(17)19-3)10(16)5-9(7)12(13,14)15;1-3-2/h4-6,17H,1-3H3,(H,18,21);4-6H,16H2,1-3H3;.